The Labute approximate surface area is 191 Å². The van der Waals surface area contributed by atoms with Crippen LogP contribution in [0.5, 0.6) is 11.5 Å². The molecule has 0 unspecified atom stereocenters. The molecule has 2 aromatic heterocycles. The number of carbonyl (C=O) groups is 1. The van der Waals surface area contributed by atoms with Crippen LogP contribution in [0.15, 0.2) is 33.9 Å². The second kappa shape index (κ2) is 10.3. The molecule has 2 N–H and O–H groups in total. The molecule has 0 saturated carbocycles. The maximum atomic E-state index is 13.2. The fourth-order valence-corrected chi connectivity index (χ4v) is 3.68. The highest BCUT2D eigenvalue weighted by Crippen LogP contribution is 2.24. The lowest BCUT2D eigenvalue weighted by Crippen LogP contribution is -2.34. The van der Waals surface area contributed by atoms with E-state index in [1.54, 1.807) is 26.4 Å². The summed E-state index contributed by atoms with van der Waals surface area (Å²) in [4.78, 5) is 45.1. The summed E-state index contributed by atoms with van der Waals surface area (Å²) in [7, 11) is 3.17. The summed E-state index contributed by atoms with van der Waals surface area (Å²) in [6.45, 7) is 6.52. The van der Waals surface area contributed by atoms with Gasteiger partial charge in [-0.3, -0.25) is 19.1 Å². The zero-order chi connectivity index (χ0) is 24.1. The molecule has 0 aliphatic heterocycles. The molecule has 33 heavy (non-hydrogen) atoms. The molecule has 9 nitrogen and oxygen atoms in total. The van der Waals surface area contributed by atoms with E-state index in [0.29, 0.717) is 43.1 Å². The minimum Gasteiger partial charge on any atom is -0.497 e. The van der Waals surface area contributed by atoms with Gasteiger partial charge in [0.05, 0.1) is 25.2 Å². The predicted molar refractivity (Wildman–Crippen MR) is 127 cm³/mol. The number of aryl methyl sites for hydroxylation is 1. The highest BCUT2D eigenvalue weighted by molar-refractivity contribution is 6.05. The summed E-state index contributed by atoms with van der Waals surface area (Å²) < 4.78 is 12.1. The molecule has 0 saturated heterocycles. The number of carbonyl (C=O) groups excluding carboxylic acids is 1. The number of nitrogens with one attached hydrogen (secondary N) is 2. The number of hydrogen-bond acceptors (Lipinski definition) is 6. The van der Waals surface area contributed by atoms with E-state index < -0.39 is 17.2 Å². The number of rotatable bonds is 9. The van der Waals surface area contributed by atoms with E-state index in [-0.39, 0.29) is 22.5 Å². The fourth-order valence-electron chi connectivity index (χ4n) is 3.68. The lowest BCUT2D eigenvalue weighted by Gasteiger charge is -2.15. The smallest absolute Gasteiger partial charge is 0.329 e. The molecule has 0 radical (unpaired) electrons. The van der Waals surface area contributed by atoms with Gasteiger partial charge in [-0.2, -0.15) is 0 Å². The zero-order valence-electron chi connectivity index (χ0n) is 19.7. The maximum absolute atomic E-state index is 13.2. The van der Waals surface area contributed by atoms with Gasteiger partial charge in [0.15, 0.2) is 5.65 Å². The summed E-state index contributed by atoms with van der Waals surface area (Å²) in [6.07, 6.45) is 1.18. The molecule has 1 aromatic carbocycles. The normalized spacial score (nSPS) is 11.1. The third-order valence-electron chi connectivity index (χ3n) is 5.42. The molecule has 0 bridgehead atoms. The maximum Gasteiger partial charge on any atom is 0.329 e. The van der Waals surface area contributed by atoms with Crippen molar-refractivity contribution in [1.29, 1.82) is 0 Å². The first-order valence-corrected chi connectivity index (χ1v) is 11.0. The van der Waals surface area contributed by atoms with Gasteiger partial charge in [-0.15, -0.1) is 0 Å². The van der Waals surface area contributed by atoms with Crippen LogP contribution in [0.25, 0.3) is 11.0 Å². The summed E-state index contributed by atoms with van der Waals surface area (Å²) in [6, 6.07) is 7.11. The van der Waals surface area contributed by atoms with Crippen molar-refractivity contribution in [2.24, 2.45) is 0 Å². The average Bonchev–Trinajstić information content (AvgIpc) is 2.80. The van der Waals surface area contributed by atoms with Crippen molar-refractivity contribution in [1.82, 2.24) is 19.9 Å². The number of hydrogen-bond donors (Lipinski definition) is 2. The van der Waals surface area contributed by atoms with Crippen molar-refractivity contribution in [3.05, 3.63) is 61.9 Å². The van der Waals surface area contributed by atoms with Crippen molar-refractivity contribution >= 4 is 16.9 Å². The number of ether oxygens (including phenoxy) is 2. The first kappa shape index (κ1) is 24.0. The zero-order valence-corrected chi connectivity index (χ0v) is 19.7. The molecule has 9 heteroatoms. The topological polar surface area (TPSA) is 115 Å². The summed E-state index contributed by atoms with van der Waals surface area (Å²) in [5, 5.41) is 3.00. The van der Waals surface area contributed by atoms with Gasteiger partial charge in [0.1, 0.15) is 11.5 Å². The molecule has 0 spiro atoms. The van der Waals surface area contributed by atoms with Crippen molar-refractivity contribution in [2.45, 2.75) is 46.1 Å². The van der Waals surface area contributed by atoms with Gasteiger partial charge < -0.3 is 14.8 Å². The Balaban J connectivity index is 1.98. The molecule has 3 aromatic rings. The Morgan fingerprint density at radius 2 is 1.94 bits per heavy atom. The van der Waals surface area contributed by atoms with Gasteiger partial charge in [0.25, 0.3) is 11.5 Å². The SMILES string of the molecule is CCCn1c(=O)[nH]c(=O)c2c(C(=O)NCCc3cc(OC)ccc3OC)cc(C(C)C)nc21. The molecule has 176 valence electrons. The van der Waals surface area contributed by atoms with E-state index in [4.69, 9.17) is 9.47 Å². The van der Waals surface area contributed by atoms with Gasteiger partial charge in [-0.1, -0.05) is 20.8 Å². The van der Waals surface area contributed by atoms with E-state index in [0.717, 1.165) is 5.56 Å². The third-order valence-corrected chi connectivity index (χ3v) is 5.42. The Hall–Kier alpha value is -3.62. The number of pyridine rings is 1. The fraction of sp³-hybridized carbons (Fsp3) is 0.417. The summed E-state index contributed by atoms with van der Waals surface area (Å²) >= 11 is 0. The molecular weight excluding hydrogens is 424 g/mol. The van der Waals surface area contributed by atoms with Crippen LogP contribution in [0, 0.1) is 0 Å². The van der Waals surface area contributed by atoms with Crippen LogP contribution in [0.1, 0.15) is 54.7 Å². The molecule has 0 atom stereocenters. The van der Waals surface area contributed by atoms with Crippen molar-refractivity contribution in [3.8, 4) is 11.5 Å². The minimum atomic E-state index is -0.621. The minimum absolute atomic E-state index is 0.00598. The molecule has 2 heterocycles. The third kappa shape index (κ3) is 5.08. The van der Waals surface area contributed by atoms with E-state index in [9.17, 15) is 14.4 Å². The van der Waals surface area contributed by atoms with E-state index in [1.807, 2.05) is 32.9 Å². The Bertz CT molecular complexity index is 1280. The largest absolute Gasteiger partial charge is 0.497 e. The Kier molecular flexibility index (Phi) is 7.52. The summed E-state index contributed by atoms with van der Waals surface area (Å²) in [5.74, 6) is 0.991. The van der Waals surface area contributed by atoms with Gasteiger partial charge >= 0.3 is 5.69 Å². The first-order chi connectivity index (χ1) is 15.8. The van der Waals surface area contributed by atoms with Crippen LogP contribution in [0.3, 0.4) is 0 Å². The molecule has 3 rings (SSSR count). The number of nitrogens with zero attached hydrogens (tertiary/aromatic N) is 2. The Morgan fingerprint density at radius 3 is 2.58 bits per heavy atom. The highest BCUT2D eigenvalue weighted by Gasteiger charge is 2.20. The number of aromatic nitrogens is 3. The van der Waals surface area contributed by atoms with E-state index >= 15 is 0 Å². The lowest BCUT2D eigenvalue weighted by atomic mass is 10.0. The van der Waals surface area contributed by atoms with Gasteiger partial charge in [-0.05, 0) is 48.6 Å². The predicted octanol–water partition coefficient (Wildman–Crippen LogP) is 2.61. The molecular formula is C24H30N4O5. The number of fused-ring (bicyclic) bond motifs is 1. The van der Waals surface area contributed by atoms with Crippen LogP contribution in [-0.2, 0) is 13.0 Å². The van der Waals surface area contributed by atoms with Crippen LogP contribution in [0.2, 0.25) is 0 Å². The lowest BCUT2D eigenvalue weighted by molar-refractivity contribution is 0.0955. The van der Waals surface area contributed by atoms with Crippen LogP contribution < -0.4 is 26.0 Å². The number of H-pyrrole nitrogens is 1. The summed E-state index contributed by atoms with van der Waals surface area (Å²) in [5.41, 5.74) is 0.805. The number of benzene rings is 1. The standard InChI is InChI=1S/C24H30N4O5/c1-6-11-28-21-20(23(30)27-24(28)31)17(13-18(26-21)14(2)3)22(29)25-10-9-15-12-16(32-4)7-8-19(15)33-5/h7-8,12-14H,6,9-11H2,1-5H3,(H,25,29)(H,27,30,31). The molecule has 0 aliphatic rings. The van der Waals surface area contributed by atoms with Gasteiger partial charge in [0, 0.05) is 18.8 Å². The average molecular weight is 455 g/mol. The highest BCUT2D eigenvalue weighted by atomic mass is 16.5. The quantitative estimate of drug-likeness (QED) is 0.514. The van der Waals surface area contributed by atoms with Crippen molar-refractivity contribution in [2.75, 3.05) is 20.8 Å². The Morgan fingerprint density at radius 1 is 1.18 bits per heavy atom. The van der Waals surface area contributed by atoms with Gasteiger partial charge in [-0.25, -0.2) is 9.78 Å². The van der Waals surface area contributed by atoms with Crippen LogP contribution in [-0.4, -0.2) is 41.2 Å². The second-order valence-corrected chi connectivity index (χ2v) is 8.04. The van der Waals surface area contributed by atoms with E-state index in [1.165, 1.54) is 4.57 Å². The number of aromatic amines is 1. The van der Waals surface area contributed by atoms with Crippen molar-refractivity contribution < 1.29 is 14.3 Å². The van der Waals surface area contributed by atoms with E-state index in [2.05, 4.69) is 15.3 Å². The van der Waals surface area contributed by atoms with Crippen LogP contribution in [0.4, 0.5) is 0 Å². The number of methoxy groups -OCH3 is 2. The van der Waals surface area contributed by atoms with Crippen LogP contribution >= 0.6 is 0 Å². The second-order valence-electron chi connectivity index (χ2n) is 8.04. The molecule has 0 fully saturated rings. The first-order valence-electron chi connectivity index (χ1n) is 11.0. The monoisotopic (exact) mass is 454 g/mol. The van der Waals surface area contributed by atoms with Gasteiger partial charge in [0.2, 0.25) is 0 Å². The van der Waals surface area contributed by atoms with Crippen molar-refractivity contribution in [3.63, 3.8) is 0 Å². The molecule has 0 aliphatic carbocycles. The number of amides is 1. The molecule has 1 amide bonds.